The van der Waals surface area contributed by atoms with E-state index in [1.54, 1.807) is 0 Å². The van der Waals surface area contributed by atoms with Crippen molar-refractivity contribution in [2.24, 2.45) is 0 Å². The molecule has 4 aromatic carbocycles. The Bertz CT molecular complexity index is 1260. The van der Waals surface area contributed by atoms with Gasteiger partial charge in [0.2, 0.25) is 0 Å². The van der Waals surface area contributed by atoms with Crippen molar-refractivity contribution < 1.29 is 9.84 Å². The standard InChI is InChI=1S/C32H32O2/c1-21(24-13-7-4-8-14-24)28-27-19-20-34-32(27)31(33)30(23(3)26-17-11-6-12-18-26)29(28)22(2)25-15-9-5-10-16-25/h4-18,21-23,33H,19-20H2,1-3H3. The number of ether oxygens (including phenoxy) is 1. The van der Waals surface area contributed by atoms with Gasteiger partial charge >= 0.3 is 0 Å². The fraction of sp³-hybridized carbons (Fsp3) is 0.250. The van der Waals surface area contributed by atoms with Crippen LogP contribution in [0.3, 0.4) is 0 Å². The molecular weight excluding hydrogens is 416 g/mol. The Hall–Kier alpha value is -3.52. The molecule has 0 saturated heterocycles. The Kier molecular flexibility index (Phi) is 6.15. The molecular formula is C32H32O2. The van der Waals surface area contributed by atoms with E-state index in [0.29, 0.717) is 18.1 Å². The summed E-state index contributed by atoms with van der Waals surface area (Å²) in [4.78, 5) is 0. The molecule has 1 aliphatic heterocycles. The summed E-state index contributed by atoms with van der Waals surface area (Å²) in [5, 5.41) is 11.7. The lowest BCUT2D eigenvalue weighted by Gasteiger charge is -2.30. The van der Waals surface area contributed by atoms with Crippen molar-refractivity contribution in [2.45, 2.75) is 44.9 Å². The third kappa shape index (κ3) is 3.88. The third-order valence-corrected chi connectivity index (χ3v) is 7.45. The summed E-state index contributed by atoms with van der Waals surface area (Å²) < 4.78 is 6.07. The molecule has 0 amide bonds. The number of aromatic hydroxyl groups is 1. The van der Waals surface area contributed by atoms with E-state index in [-0.39, 0.29) is 17.8 Å². The first-order chi connectivity index (χ1) is 16.6. The molecule has 0 radical (unpaired) electrons. The fourth-order valence-electron chi connectivity index (χ4n) is 5.61. The molecule has 3 unspecified atom stereocenters. The van der Waals surface area contributed by atoms with Crippen LogP contribution in [0.15, 0.2) is 91.0 Å². The number of phenolic OH excluding ortho intramolecular Hbond substituents is 1. The molecule has 172 valence electrons. The number of rotatable bonds is 6. The smallest absolute Gasteiger partial charge is 0.164 e. The maximum atomic E-state index is 11.7. The zero-order valence-corrected chi connectivity index (χ0v) is 20.2. The summed E-state index contributed by atoms with van der Waals surface area (Å²) >= 11 is 0. The maximum absolute atomic E-state index is 11.7. The van der Waals surface area contributed by atoms with E-state index in [2.05, 4.69) is 106 Å². The highest BCUT2D eigenvalue weighted by molar-refractivity contribution is 5.66. The number of phenols is 1. The molecule has 3 atom stereocenters. The van der Waals surface area contributed by atoms with Crippen LogP contribution in [0.25, 0.3) is 0 Å². The highest BCUT2D eigenvalue weighted by Gasteiger charge is 2.34. The van der Waals surface area contributed by atoms with Gasteiger partial charge in [0.05, 0.1) is 6.61 Å². The van der Waals surface area contributed by atoms with Crippen LogP contribution < -0.4 is 4.74 Å². The summed E-state index contributed by atoms with van der Waals surface area (Å²) in [7, 11) is 0. The van der Waals surface area contributed by atoms with Gasteiger partial charge in [0.15, 0.2) is 11.5 Å². The molecule has 4 aromatic rings. The fourth-order valence-corrected chi connectivity index (χ4v) is 5.61. The van der Waals surface area contributed by atoms with Gasteiger partial charge in [-0.15, -0.1) is 0 Å². The number of hydrogen-bond acceptors (Lipinski definition) is 2. The van der Waals surface area contributed by atoms with Crippen LogP contribution in [0.5, 0.6) is 11.5 Å². The zero-order valence-electron chi connectivity index (χ0n) is 20.2. The van der Waals surface area contributed by atoms with Crippen molar-refractivity contribution in [1.29, 1.82) is 0 Å². The van der Waals surface area contributed by atoms with Crippen LogP contribution in [0, 0.1) is 0 Å². The molecule has 0 saturated carbocycles. The van der Waals surface area contributed by atoms with Crippen molar-refractivity contribution in [2.75, 3.05) is 6.61 Å². The van der Waals surface area contributed by atoms with Crippen molar-refractivity contribution in [1.82, 2.24) is 0 Å². The molecule has 2 heteroatoms. The topological polar surface area (TPSA) is 29.5 Å². The van der Waals surface area contributed by atoms with E-state index in [4.69, 9.17) is 4.74 Å². The minimum absolute atomic E-state index is 0.0265. The Labute approximate surface area is 202 Å². The highest BCUT2D eigenvalue weighted by Crippen LogP contribution is 2.52. The summed E-state index contributed by atoms with van der Waals surface area (Å²) in [5.41, 5.74) is 8.42. The summed E-state index contributed by atoms with van der Waals surface area (Å²) in [6.07, 6.45) is 0.823. The van der Waals surface area contributed by atoms with Crippen molar-refractivity contribution in [3.05, 3.63) is 130 Å². The van der Waals surface area contributed by atoms with Gasteiger partial charge in [0, 0.05) is 35.3 Å². The van der Waals surface area contributed by atoms with Crippen LogP contribution in [0.1, 0.15) is 77.5 Å². The summed E-state index contributed by atoms with van der Waals surface area (Å²) in [6, 6.07) is 31.8. The van der Waals surface area contributed by atoms with Crippen LogP contribution >= 0.6 is 0 Å². The molecule has 0 aromatic heterocycles. The average Bonchev–Trinajstić information content (AvgIpc) is 3.39. The Morgan fingerprint density at radius 1 is 0.588 bits per heavy atom. The van der Waals surface area contributed by atoms with Gasteiger partial charge in [0.25, 0.3) is 0 Å². The quantitative estimate of drug-likeness (QED) is 0.326. The van der Waals surface area contributed by atoms with Crippen LogP contribution in [-0.2, 0) is 6.42 Å². The van der Waals surface area contributed by atoms with Crippen LogP contribution in [-0.4, -0.2) is 11.7 Å². The second-order valence-electron chi connectivity index (χ2n) is 9.39. The first-order valence-electron chi connectivity index (χ1n) is 12.3. The zero-order chi connectivity index (χ0) is 23.7. The average molecular weight is 449 g/mol. The number of benzene rings is 4. The van der Waals surface area contributed by atoms with E-state index < -0.39 is 0 Å². The van der Waals surface area contributed by atoms with Gasteiger partial charge in [-0.2, -0.15) is 0 Å². The third-order valence-electron chi connectivity index (χ3n) is 7.45. The predicted molar refractivity (Wildman–Crippen MR) is 139 cm³/mol. The summed E-state index contributed by atoms with van der Waals surface area (Å²) in [6.45, 7) is 7.37. The van der Waals surface area contributed by atoms with Gasteiger partial charge in [-0.1, -0.05) is 112 Å². The SMILES string of the molecule is CC(c1ccccc1)c1c(O)c2c(c(C(C)c3ccccc3)c1C(C)c1ccccc1)CCO2. The molecule has 0 aliphatic carbocycles. The maximum Gasteiger partial charge on any atom is 0.164 e. The summed E-state index contributed by atoms with van der Waals surface area (Å²) in [5.74, 6) is 1.32. The van der Waals surface area contributed by atoms with Crippen LogP contribution in [0.4, 0.5) is 0 Å². The lowest BCUT2D eigenvalue weighted by atomic mass is 9.74. The Morgan fingerprint density at radius 3 is 1.47 bits per heavy atom. The first kappa shape index (κ1) is 22.3. The molecule has 34 heavy (non-hydrogen) atoms. The van der Waals surface area contributed by atoms with Crippen molar-refractivity contribution in [3.63, 3.8) is 0 Å². The first-order valence-corrected chi connectivity index (χ1v) is 12.3. The molecule has 1 heterocycles. The largest absolute Gasteiger partial charge is 0.504 e. The molecule has 0 fully saturated rings. The molecule has 5 rings (SSSR count). The lowest BCUT2D eigenvalue weighted by molar-refractivity contribution is 0.332. The van der Waals surface area contributed by atoms with Crippen molar-refractivity contribution >= 4 is 0 Å². The van der Waals surface area contributed by atoms with Crippen LogP contribution in [0.2, 0.25) is 0 Å². The normalized spacial score (nSPS) is 15.3. The lowest BCUT2D eigenvalue weighted by Crippen LogP contribution is -2.14. The highest BCUT2D eigenvalue weighted by atomic mass is 16.5. The van der Waals surface area contributed by atoms with E-state index in [0.717, 1.165) is 17.5 Å². The molecule has 2 nitrogen and oxygen atoms in total. The Morgan fingerprint density at radius 2 is 1.00 bits per heavy atom. The molecule has 0 spiro atoms. The second kappa shape index (κ2) is 9.38. The molecule has 0 bridgehead atoms. The van der Waals surface area contributed by atoms with E-state index in [1.807, 2.05) is 6.07 Å². The van der Waals surface area contributed by atoms with E-state index in [1.165, 1.54) is 27.8 Å². The number of fused-ring (bicyclic) bond motifs is 1. The minimum atomic E-state index is 0.0265. The minimum Gasteiger partial charge on any atom is -0.504 e. The van der Waals surface area contributed by atoms with Gasteiger partial charge in [-0.05, 0) is 27.8 Å². The predicted octanol–water partition coefficient (Wildman–Crippen LogP) is 7.78. The molecule has 1 aliphatic rings. The number of hydrogen-bond donors (Lipinski definition) is 1. The second-order valence-corrected chi connectivity index (χ2v) is 9.39. The van der Waals surface area contributed by atoms with Gasteiger partial charge in [-0.25, -0.2) is 0 Å². The van der Waals surface area contributed by atoms with Gasteiger partial charge in [-0.3, -0.25) is 0 Å². The monoisotopic (exact) mass is 448 g/mol. The Balaban J connectivity index is 1.82. The molecule has 1 N–H and O–H groups in total. The van der Waals surface area contributed by atoms with Gasteiger partial charge in [0.1, 0.15) is 0 Å². The van der Waals surface area contributed by atoms with Crippen molar-refractivity contribution in [3.8, 4) is 11.5 Å². The van der Waals surface area contributed by atoms with E-state index >= 15 is 0 Å². The van der Waals surface area contributed by atoms with E-state index in [9.17, 15) is 5.11 Å². The van der Waals surface area contributed by atoms with Gasteiger partial charge < -0.3 is 9.84 Å².